The van der Waals surface area contributed by atoms with E-state index in [0.717, 1.165) is 10.8 Å². The fraction of sp³-hybridized carbons (Fsp3) is 0.375. The molecule has 3 rings (SSSR count). The summed E-state index contributed by atoms with van der Waals surface area (Å²) in [6.45, 7) is 2.71. The van der Waals surface area contributed by atoms with Gasteiger partial charge in [0.25, 0.3) is 5.91 Å². The molecule has 2 atom stereocenters. The maximum atomic E-state index is 12.8. The highest BCUT2D eigenvalue weighted by Gasteiger charge is 2.30. The molecule has 5 heteroatoms. The fourth-order valence-corrected chi connectivity index (χ4v) is 2.65. The molecule has 1 fully saturated rings. The summed E-state index contributed by atoms with van der Waals surface area (Å²) in [6, 6.07) is 7.70. The number of ether oxygens (including phenoxy) is 1. The van der Waals surface area contributed by atoms with Crippen LogP contribution in [0.15, 0.2) is 36.7 Å². The van der Waals surface area contributed by atoms with Crippen LogP contribution in [-0.4, -0.2) is 52.8 Å². The molecule has 1 aromatic carbocycles. The van der Waals surface area contributed by atoms with Crippen LogP contribution in [0.5, 0.6) is 0 Å². The van der Waals surface area contributed by atoms with Gasteiger partial charge in [0.2, 0.25) is 0 Å². The molecule has 0 bridgehead atoms. The van der Waals surface area contributed by atoms with Gasteiger partial charge in [0.05, 0.1) is 30.9 Å². The van der Waals surface area contributed by atoms with Crippen LogP contribution < -0.4 is 0 Å². The lowest BCUT2D eigenvalue weighted by Gasteiger charge is -2.37. The predicted octanol–water partition coefficient (Wildman–Crippen LogP) is 1.46. The number of carbonyl (C=O) groups is 1. The predicted molar refractivity (Wildman–Crippen MR) is 79.1 cm³/mol. The van der Waals surface area contributed by atoms with E-state index in [1.807, 2.05) is 31.2 Å². The van der Waals surface area contributed by atoms with Gasteiger partial charge in [0.15, 0.2) is 0 Å². The maximum Gasteiger partial charge on any atom is 0.256 e. The lowest BCUT2D eigenvalue weighted by molar-refractivity contribution is -0.0667. The topological polar surface area (TPSA) is 62.7 Å². The van der Waals surface area contributed by atoms with Gasteiger partial charge in [0.1, 0.15) is 0 Å². The van der Waals surface area contributed by atoms with Crippen molar-refractivity contribution in [3.63, 3.8) is 0 Å². The molecule has 2 aromatic rings. The Morgan fingerprint density at radius 3 is 3.05 bits per heavy atom. The van der Waals surface area contributed by atoms with E-state index < -0.39 is 0 Å². The standard InChI is InChI=1S/C16H18N2O3/c1-11-10-21-13(9-19)8-18(11)16(20)15-7-17-6-12-4-2-3-5-14(12)15/h2-7,11,13,19H,8-10H2,1H3/t11-,13+/m1/s1. The van der Waals surface area contributed by atoms with Gasteiger partial charge in [-0.05, 0) is 12.3 Å². The van der Waals surface area contributed by atoms with Gasteiger partial charge >= 0.3 is 0 Å². The van der Waals surface area contributed by atoms with Crippen molar-refractivity contribution >= 4 is 16.7 Å². The van der Waals surface area contributed by atoms with Crippen molar-refractivity contribution < 1.29 is 14.6 Å². The van der Waals surface area contributed by atoms with E-state index in [0.29, 0.717) is 18.7 Å². The highest BCUT2D eigenvalue weighted by molar-refractivity contribution is 6.06. The summed E-state index contributed by atoms with van der Waals surface area (Å²) >= 11 is 0. The van der Waals surface area contributed by atoms with E-state index in [-0.39, 0.29) is 24.7 Å². The second-order valence-electron chi connectivity index (χ2n) is 5.35. The summed E-state index contributed by atoms with van der Waals surface area (Å²) in [5.74, 6) is -0.0615. The van der Waals surface area contributed by atoms with Crippen molar-refractivity contribution in [1.82, 2.24) is 9.88 Å². The van der Waals surface area contributed by atoms with Crippen molar-refractivity contribution in [3.05, 3.63) is 42.2 Å². The Morgan fingerprint density at radius 2 is 2.24 bits per heavy atom. The quantitative estimate of drug-likeness (QED) is 0.908. The summed E-state index contributed by atoms with van der Waals surface area (Å²) < 4.78 is 5.48. The normalized spacial score (nSPS) is 22.5. The molecule has 0 saturated carbocycles. The molecule has 1 amide bonds. The van der Waals surface area contributed by atoms with Crippen LogP contribution in [0.2, 0.25) is 0 Å². The average molecular weight is 286 g/mol. The second-order valence-corrected chi connectivity index (χ2v) is 5.35. The first-order valence-corrected chi connectivity index (χ1v) is 7.07. The van der Waals surface area contributed by atoms with Crippen molar-refractivity contribution in [3.8, 4) is 0 Å². The van der Waals surface area contributed by atoms with Gasteiger partial charge in [-0.15, -0.1) is 0 Å². The molecule has 0 aliphatic carbocycles. The molecule has 2 heterocycles. The Hall–Kier alpha value is -1.98. The van der Waals surface area contributed by atoms with E-state index in [1.165, 1.54) is 0 Å². The van der Waals surface area contributed by atoms with Crippen LogP contribution in [0.4, 0.5) is 0 Å². The lowest BCUT2D eigenvalue weighted by atomic mass is 10.1. The zero-order valence-corrected chi connectivity index (χ0v) is 11.9. The molecule has 110 valence electrons. The molecular weight excluding hydrogens is 268 g/mol. The van der Waals surface area contributed by atoms with Crippen molar-refractivity contribution in [1.29, 1.82) is 0 Å². The van der Waals surface area contributed by atoms with Crippen LogP contribution >= 0.6 is 0 Å². The summed E-state index contributed by atoms with van der Waals surface area (Å²) in [4.78, 5) is 18.8. The third-order valence-corrected chi connectivity index (χ3v) is 3.87. The number of hydrogen-bond acceptors (Lipinski definition) is 4. The first-order valence-electron chi connectivity index (χ1n) is 7.07. The van der Waals surface area contributed by atoms with Crippen molar-refractivity contribution in [2.45, 2.75) is 19.1 Å². The average Bonchev–Trinajstić information content (AvgIpc) is 2.54. The second kappa shape index (κ2) is 5.79. The van der Waals surface area contributed by atoms with Gasteiger partial charge in [-0.25, -0.2) is 0 Å². The number of aliphatic hydroxyl groups is 1. The SMILES string of the molecule is C[C@@H]1CO[C@H](CO)CN1C(=O)c1cncc2ccccc12. The van der Waals surface area contributed by atoms with E-state index in [1.54, 1.807) is 17.3 Å². The molecule has 0 unspecified atom stereocenters. The highest BCUT2D eigenvalue weighted by atomic mass is 16.5. The van der Waals surface area contributed by atoms with Gasteiger partial charge < -0.3 is 14.7 Å². The van der Waals surface area contributed by atoms with Crippen LogP contribution in [-0.2, 0) is 4.74 Å². The Labute approximate surface area is 123 Å². The molecule has 1 aliphatic rings. The lowest BCUT2D eigenvalue weighted by Crippen LogP contribution is -2.52. The summed E-state index contributed by atoms with van der Waals surface area (Å²) in [5.41, 5.74) is 0.596. The molecule has 0 radical (unpaired) electrons. The largest absolute Gasteiger partial charge is 0.394 e. The molecular formula is C16H18N2O3. The maximum absolute atomic E-state index is 12.8. The molecule has 1 N–H and O–H groups in total. The van der Waals surface area contributed by atoms with E-state index in [9.17, 15) is 9.90 Å². The fourth-order valence-electron chi connectivity index (χ4n) is 2.65. The molecule has 21 heavy (non-hydrogen) atoms. The Balaban J connectivity index is 1.96. The van der Waals surface area contributed by atoms with Crippen LogP contribution in [0.1, 0.15) is 17.3 Å². The van der Waals surface area contributed by atoms with Crippen molar-refractivity contribution in [2.75, 3.05) is 19.8 Å². The number of amides is 1. The third-order valence-electron chi connectivity index (χ3n) is 3.87. The van der Waals surface area contributed by atoms with Crippen LogP contribution in [0.3, 0.4) is 0 Å². The van der Waals surface area contributed by atoms with Gasteiger partial charge in [-0.1, -0.05) is 24.3 Å². The number of pyridine rings is 1. The summed E-state index contributed by atoms with van der Waals surface area (Å²) in [5, 5.41) is 11.1. The van der Waals surface area contributed by atoms with Gasteiger partial charge in [-0.3, -0.25) is 9.78 Å². The minimum Gasteiger partial charge on any atom is -0.394 e. The number of hydrogen-bond donors (Lipinski definition) is 1. The first kappa shape index (κ1) is 14.0. The zero-order valence-electron chi connectivity index (χ0n) is 11.9. The summed E-state index contributed by atoms with van der Waals surface area (Å²) in [6.07, 6.45) is 3.06. The number of rotatable bonds is 2. The first-order chi connectivity index (χ1) is 10.2. The third kappa shape index (κ3) is 2.62. The van der Waals surface area contributed by atoms with E-state index in [4.69, 9.17) is 4.74 Å². The molecule has 1 saturated heterocycles. The molecule has 1 aromatic heterocycles. The minimum absolute atomic E-state index is 0.0146. The van der Waals surface area contributed by atoms with Crippen molar-refractivity contribution in [2.24, 2.45) is 0 Å². The minimum atomic E-state index is -0.312. The monoisotopic (exact) mass is 286 g/mol. The van der Waals surface area contributed by atoms with E-state index >= 15 is 0 Å². The Kier molecular flexibility index (Phi) is 3.86. The smallest absolute Gasteiger partial charge is 0.256 e. The number of carbonyl (C=O) groups excluding carboxylic acids is 1. The highest BCUT2D eigenvalue weighted by Crippen LogP contribution is 2.21. The number of nitrogens with zero attached hydrogens (tertiary/aromatic N) is 2. The Bertz CT molecular complexity index is 654. The number of morpholine rings is 1. The number of aromatic nitrogens is 1. The molecule has 5 nitrogen and oxygen atoms in total. The number of aliphatic hydroxyl groups excluding tert-OH is 1. The number of fused-ring (bicyclic) bond motifs is 1. The van der Waals surface area contributed by atoms with Gasteiger partial charge in [-0.2, -0.15) is 0 Å². The number of benzene rings is 1. The molecule has 1 aliphatic heterocycles. The van der Waals surface area contributed by atoms with Crippen LogP contribution in [0.25, 0.3) is 10.8 Å². The Morgan fingerprint density at radius 1 is 1.43 bits per heavy atom. The van der Waals surface area contributed by atoms with E-state index in [2.05, 4.69) is 4.98 Å². The molecule has 0 spiro atoms. The summed E-state index contributed by atoms with van der Waals surface area (Å²) in [7, 11) is 0. The van der Waals surface area contributed by atoms with Gasteiger partial charge in [0, 0.05) is 24.3 Å². The zero-order chi connectivity index (χ0) is 14.8. The van der Waals surface area contributed by atoms with Crippen LogP contribution in [0, 0.1) is 0 Å².